The first-order valence-corrected chi connectivity index (χ1v) is 6.19. The summed E-state index contributed by atoms with van der Waals surface area (Å²) in [7, 11) is 6.30. The number of nitrogens with zero attached hydrogens (tertiary/aromatic N) is 3. The van der Waals surface area contributed by atoms with Gasteiger partial charge in [0.15, 0.2) is 0 Å². The van der Waals surface area contributed by atoms with E-state index in [-0.39, 0.29) is 0 Å². The monoisotopic (exact) mass is 236 g/mol. The molecule has 1 N–H and O–H groups in total. The summed E-state index contributed by atoms with van der Waals surface area (Å²) in [5, 5.41) is 3.31. The summed E-state index contributed by atoms with van der Waals surface area (Å²) < 4.78 is 0. The van der Waals surface area contributed by atoms with Crippen molar-refractivity contribution in [1.82, 2.24) is 9.88 Å². The van der Waals surface area contributed by atoms with Gasteiger partial charge in [0.2, 0.25) is 0 Å². The predicted molar refractivity (Wildman–Crippen MR) is 74.8 cm³/mol. The van der Waals surface area contributed by atoms with Crippen LogP contribution in [0.15, 0.2) is 18.3 Å². The average Bonchev–Trinajstić information content (AvgIpc) is 2.33. The fraction of sp³-hybridized carbons (Fsp3) is 0.615. The van der Waals surface area contributed by atoms with Gasteiger partial charge >= 0.3 is 0 Å². The van der Waals surface area contributed by atoms with Gasteiger partial charge in [-0.3, -0.25) is 0 Å². The fourth-order valence-electron chi connectivity index (χ4n) is 1.49. The average molecular weight is 236 g/mol. The van der Waals surface area contributed by atoms with Crippen LogP contribution in [0.4, 0.5) is 11.5 Å². The van der Waals surface area contributed by atoms with Crippen molar-refractivity contribution in [3.63, 3.8) is 0 Å². The van der Waals surface area contributed by atoms with E-state index >= 15 is 0 Å². The van der Waals surface area contributed by atoms with Gasteiger partial charge in [-0.05, 0) is 26.6 Å². The molecule has 17 heavy (non-hydrogen) atoms. The summed E-state index contributed by atoms with van der Waals surface area (Å²) in [4.78, 5) is 8.74. The maximum atomic E-state index is 4.31. The Morgan fingerprint density at radius 2 is 2.00 bits per heavy atom. The first-order valence-electron chi connectivity index (χ1n) is 6.19. The molecule has 0 aliphatic rings. The lowest BCUT2D eigenvalue weighted by molar-refractivity contribution is 0.416. The molecule has 0 aliphatic heterocycles. The van der Waals surface area contributed by atoms with Crippen LogP contribution in [-0.4, -0.2) is 50.7 Å². The Bertz CT molecular complexity index is 325. The SMILES string of the molecule is CCCNc1cc(N(C)CCN(C)C)ccn1. The minimum absolute atomic E-state index is 0.959. The third kappa shape index (κ3) is 5.04. The highest BCUT2D eigenvalue weighted by atomic mass is 15.2. The van der Waals surface area contributed by atoms with Crippen LogP contribution in [0, 0.1) is 0 Å². The van der Waals surface area contributed by atoms with Crippen molar-refractivity contribution >= 4 is 11.5 Å². The molecule has 0 spiro atoms. The predicted octanol–water partition coefficient (Wildman–Crippen LogP) is 1.90. The summed E-state index contributed by atoms with van der Waals surface area (Å²) >= 11 is 0. The molecular formula is C13H24N4. The number of nitrogens with one attached hydrogen (secondary N) is 1. The molecule has 4 nitrogen and oxygen atoms in total. The zero-order valence-electron chi connectivity index (χ0n) is 11.4. The van der Waals surface area contributed by atoms with Gasteiger partial charge in [-0.25, -0.2) is 4.98 Å². The molecule has 0 saturated carbocycles. The zero-order valence-corrected chi connectivity index (χ0v) is 11.4. The molecular weight excluding hydrogens is 212 g/mol. The van der Waals surface area contributed by atoms with E-state index in [1.54, 1.807) is 0 Å². The Labute approximate surface area is 105 Å². The summed E-state index contributed by atoms with van der Waals surface area (Å²) in [5.41, 5.74) is 1.21. The van der Waals surface area contributed by atoms with Crippen molar-refractivity contribution in [2.45, 2.75) is 13.3 Å². The Hall–Kier alpha value is -1.29. The van der Waals surface area contributed by atoms with Gasteiger partial charge in [0.05, 0.1) is 0 Å². The first kappa shape index (κ1) is 13.8. The molecule has 96 valence electrons. The number of rotatable bonds is 7. The normalized spacial score (nSPS) is 10.6. The highest BCUT2D eigenvalue weighted by Crippen LogP contribution is 2.15. The molecule has 4 heteroatoms. The number of likely N-dealkylation sites (N-methyl/N-ethyl adjacent to an activating group) is 2. The van der Waals surface area contributed by atoms with E-state index in [0.717, 1.165) is 31.9 Å². The maximum Gasteiger partial charge on any atom is 0.127 e. The number of hydrogen-bond donors (Lipinski definition) is 1. The van der Waals surface area contributed by atoms with Gasteiger partial charge in [0.1, 0.15) is 5.82 Å². The Kier molecular flexibility index (Phi) is 5.77. The van der Waals surface area contributed by atoms with E-state index in [4.69, 9.17) is 0 Å². The van der Waals surface area contributed by atoms with Crippen molar-refractivity contribution in [2.75, 3.05) is 51.0 Å². The van der Waals surface area contributed by atoms with Crippen molar-refractivity contribution < 1.29 is 0 Å². The molecule has 1 aromatic heterocycles. The third-order valence-electron chi connectivity index (χ3n) is 2.62. The third-order valence-corrected chi connectivity index (χ3v) is 2.62. The van der Waals surface area contributed by atoms with Crippen LogP contribution in [0.3, 0.4) is 0 Å². The highest BCUT2D eigenvalue weighted by molar-refractivity contribution is 5.53. The van der Waals surface area contributed by atoms with Crippen molar-refractivity contribution in [3.8, 4) is 0 Å². The molecule has 0 amide bonds. The van der Waals surface area contributed by atoms with E-state index in [9.17, 15) is 0 Å². The van der Waals surface area contributed by atoms with Gasteiger partial charge in [0.25, 0.3) is 0 Å². The summed E-state index contributed by atoms with van der Waals surface area (Å²) in [5.74, 6) is 0.959. The summed E-state index contributed by atoms with van der Waals surface area (Å²) in [6.07, 6.45) is 2.97. The maximum absolute atomic E-state index is 4.31. The van der Waals surface area contributed by atoms with Gasteiger partial charge in [-0.1, -0.05) is 6.92 Å². The molecule has 0 fully saturated rings. The number of pyridine rings is 1. The molecule has 0 bridgehead atoms. The number of aromatic nitrogens is 1. The standard InChI is InChI=1S/C13H24N4/c1-5-7-14-13-11-12(6-8-15-13)17(4)10-9-16(2)3/h6,8,11H,5,7,9-10H2,1-4H3,(H,14,15). The van der Waals surface area contributed by atoms with Gasteiger partial charge < -0.3 is 15.1 Å². The van der Waals surface area contributed by atoms with E-state index in [2.05, 4.69) is 54.2 Å². The Balaban J connectivity index is 2.57. The minimum Gasteiger partial charge on any atom is -0.373 e. The molecule has 0 aliphatic carbocycles. The molecule has 0 unspecified atom stereocenters. The quantitative estimate of drug-likeness (QED) is 0.783. The van der Waals surface area contributed by atoms with Crippen LogP contribution >= 0.6 is 0 Å². The second-order valence-corrected chi connectivity index (χ2v) is 4.55. The lowest BCUT2D eigenvalue weighted by Crippen LogP contribution is -2.28. The first-order chi connectivity index (χ1) is 8.13. The van der Waals surface area contributed by atoms with E-state index in [0.29, 0.717) is 0 Å². The van der Waals surface area contributed by atoms with E-state index < -0.39 is 0 Å². The van der Waals surface area contributed by atoms with Crippen molar-refractivity contribution in [1.29, 1.82) is 0 Å². The minimum atomic E-state index is 0.959. The molecule has 1 rings (SSSR count). The Morgan fingerprint density at radius 1 is 1.24 bits per heavy atom. The molecule has 0 saturated heterocycles. The second kappa shape index (κ2) is 7.12. The van der Waals surface area contributed by atoms with Crippen molar-refractivity contribution in [2.24, 2.45) is 0 Å². The van der Waals surface area contributed by atoms with Crippen LogP contribution in [0.25, 0.3) is 0 Å². The van der Waals surface area contributed by atoms with E-state index in [1.165, 1.54) is 5.69 Å². The lowest BCUT2D eigenvalue weighted by atomic mass is 10.3. The Morgan fingerprint density at radius 3 is 2.65 bits per heavy atom. The van der Waals surface area contributed by atoms with Crippen LogP contribution in [0.5, 0.6) is 0 Å². The van der Waals surface area contributed by atoms with Crippen molar-refractivity contribution in [3.05, 3.63) is 18.3 Å². The lowest BCUT2D eigenvalue weighted by Gasteiger charge is -2.22. The largest absolute Gasteiger partial charge is 0.373 e. The van der Waals surface area contributed by atoms with Crippen LogP contribution in [0.1, 0.15) is 13.3 Å². The molecule has 0 radical (unpaired) electrons. The number of hydrogen-bond acceptors (Lipinski definition) is 4. The highest BCUT2D eigenvalue weighted by Gasteiger charge is 2.02. The smallest absolute Gasteiger partial charge is 0.127 e. The summed E-state index contributed by atoms with van der Waals surface area (Å²) in [6, 6.07) is 4.15. The number of anilines is 2. The molecule has 1 heterocycles. The van der Waals surface area contributed by atoms with Gasteiger partial charge in [-0.15, -0.1) is 0 Å². The van der Waals surface area contributed by atoms with Crippen LogP contribution < -0.4 is 10.2 Å². The zero-order chi connectivity index (χ0) is 12.7. The van der Waals surface area contributed by atoms with Gasteiger partial charge in [-0.2, -0.15) is 0 Å². The molecule has 0 aromatic carbocycles. The summed E-state index contributed by atoms with van der Waals surface area (Å²) in [6.45, 7) is 5.19. The molecule has 0 atom stereocenters. The fourth-order valence-corrected chi connectivity index (χ4v) is 1.49. The van der Waals surface area contributed by atoms with E-state index in [1.807, 2.05) is 12.3 Å². The van der Waals surface area contributed by atoms with Crippen LogP contribution in [0.2, 0.25) is 0 Å². The topological polar surface area (TPSA) is 31.4 Å². The van der Waals surface area contributed by atoms with Crippen LogP contribution in [-0.2, 0) is 0 Å². The molecule has 1 aromatic rings. The van der Waals surface area contributed by atoms with Gasteiger partial charge in [0, 0.05) is 44.6 Å². The second-order valence-electron chi connectivity index (χ2n) is 4.55.